The third-order valence-corrected chi connectivity index (χ3v) is 15.6. The van der Waals surface area contributed by atoms with Gasteiger partial charge in [-0.3, -0.25) is 4.79 Å². The number of ether oxygens (including phenoxy) is 4. The largest absolute Gasteiger partial charge is 0.463 e. The summed E-state index contributed by atoms with van der Waals surface area (Å²) >= 11 is 0. The number of esters is 1. The monoisotopic (exact) mass is 990 g/mol. The van der Waals surface area contributed by atoms with Gasteiger partial charge >= 0.3 is 5.97 Å². The van der Waals surface area contributed by atoms with Crippen LogP contribution in [0, 0.1) is 5.92 Å². The van der Waals surface area contributed by atoms with Gasteiger partial charge in [-0.25, -0.2) is 0 Å². The predicted octanol–water partition coefficient (Wildman–Crippen LogP) is 20.4. The molecule has 1 fully saturated rings. The van der Waals surface area contributed by atoms with E-state index in [0.29, 0.717) is 26.2 Å². The Bertz CT molecular complexity index is 1020. The highest BCUT2D eigenvalue weighted by Gasteiger charge is 2.46. The fourth-order valence-corrected chi connectivity index (χ4v) is 10.8. The summed E-state index contributed by atoms with van der Waals surface area (Å²) in [6, 6.07) is 0. The van der Waals surface area contributed by atoms with E-state index in [0.717, 1.165) is 25.9 Å². The van der Waals surface area contributed by atoms with Crippen LogP contribution in [0.3, 0.4) is 0 Å². The molecule has 1 aliphatic heterocycles. The SMILES string of the molecule is CCCCCCCCCCCCCCCCCCOC1C(CCCCCCCCCCCCCCCCCC)[C@@H](COC(=O)CCN(C)C)O[C@H]1OCCCCCCCCCCCCCCCCCC. The van der Waals surface area contributed by atoms with Gasteiger partial charge in [-0.15, -0.1) is 0 Å². The van der Waals surface area contributed by atoms with Crippen LogP contribution < -0.4 is 0 Å². The minimum absolute atomic E-state index is 0.0979. The van der Waals surface area contributed by atoms with Crippen molar-refractivity contribution in [3.8, 4) is 0 Å². The van der Waals surface area contributed by atoms with Crippen molar-refractivity contribution in [3.05, 3.63) is 0 Å². The van der Waals surface area contributed by atoms with E-state index >= 15 is 0 Å². The van der Waals surface area contributed by atoms with Crippen LogP contribution in [0.2, 0.25) is 0 Å². The molecule has 0 saturated carbocycles. The molecule has 1 saturated heterocycles. The maximum atomic E-state index is 12.8. The lowest BCUT2D eigenvalue weighted by Crippen LogP contribution is -2.34. The van der Waals surface area contributed by atoms with Gasteiger partial charge in [0.05, 0.1) is 6.42 Å². The Morgan fingerprint density at radius 1 is 0.386 bits per heavy atom. The Labute approximate surface area is 439 Å². The van der Waals surface area contributed by atoms with Gasteiger partial charge < -0.3 is 23.8 Å². The third-order valence-electron chi connectivity index (χ3n) is 15.6. The Kier molecular flexibility index (Phi) is 52.5. The zero-order valence-corrected chi connectivity index (χ0v) is 48.5. The molecule has 6 nitrogen and oxygen atoms in total. The molecule has 70 heavy (non-hydrogen) atoms. The molecule has 0 spiro atoms. The molecule has 0 N–H and O–H groups in total. The van der Waals surface area contributed by atoms with Crippen molar-refractivity contribution in [2.24, 2.45) is 5.92 Å². The molecule has 1 rings (SSSR count). The first kappa shape index (κ1) is 67.3. The van der Waals surface area contributed by atoms with Crippen molar-refractivity contribution in [1.29, 1.82) is 0 Å². The lowest BCUT2D eigenvalue weighted by Gasteiger charge is -2.25. The summed E-state index contributed by atoms with van der Waals surface area (Å²) < 4.78 is 26.1. The summed E-state index contributed by atoms with van der Waals surface area (Å²) in [6.45, 7) is 9.38. The minimum atomic E-state index is -0.381. The molecule has 4 atom stereocenters. The number of carbonyl (C=O) groups is 1. The third kappa shape index (κ3) is 44.8. The molecule has 1 heterocycles. The van der Waals surface area contributed by atoms with Gasteiger partial charge in [0, 0.05) is 25.7 Å². The van der Waals surface area contributed by atoms with Crippen LogP contribution in [0.15, 0.2) is 0 Å². The second-order valence-corrected chi connectivity index (χ2v) is 22.8. The Hall–Kier alpha value is -0.690. The van der Waals surface area contributed by atoms with E-state index in [1.54, 1.807) is 0 Å². The van der Waals surface area contributed by atoms with Crippen molar-refractivity contribution in [2.75, 3.05) is 40.5 Å². The van der Waals surface area contributed by atoms with Crippen LogP contribution >= 0.6 is 0 Å². The van der Waals surface area contributed by atoms with Crippen molar-refractivity contribution in [3.63, 3.8) is 0 Å². The van der Waals surface area contributed by atoms with Gasteiger partial charge in [-0.05, 0) is 33.4 Å². The van der Waals surface area contributed by atoms with Crippen molar-refractivity contribution in [1.82, 2.24) is 4.90 Å². The van der Waals surface area contributed by atoms with E-state index < -0.39 is 0 Å². The predicted molar refractivity (Wildman–Crippen MR) is 305 cm³/mol. The smallest absolute Gasteiger partial charge is 0.307 e. The van der Waals surface area contributed by atoms with E-state index in [4.69, 9.17) is 18.9 Å². The van der Waals surface area contributed by atoms with Crippen LogP contribution in [0.1, 0.15) is 342 Å². The standard InChI is InChI=1S/C64H127NO5/c1-6-9-12-15-18-21-24-27-30-33-36-39-42-45-48-51-54-60-61(59-69-62(66)55-56-65(4)5)70-64(68-58-53-50-47-44-41-38-35-32-29-26-23-20-17-14-11-8-3)63(60)67-57-52-49-46-43-40-37-34-31-28-25-22-19-16-13-10-7-2/h60-61,63-64H,6-59H2,1-5H3/t60?,61-,63?,64-/m1/s1. The Balaban J connectivity index is 2.57. The summed E-state index contributed by atoms with van der Waals surface area (Å²) in [7, 11) is 4.01. The average molecular weight is 991 g/mol. The lowest BCUT2D eigenvalue weighted by atomic mass is 9.91. The van der Waals surface area contributed by atoms with Crippen LogP contribution in [0.25, 0.3) is 0 Å². The molecule has 6 heteroatoms. The molecular formula is C64H127NO5. The highest BCUT2D eigenvalue weighted by molar-refractivity contribution is 5.69. The summed E-state index contributed by atoms with van der Waals surface area (Å²) in [5.41, 5.74) is 0. The number of rotatable bonds is 58. The first-order valence-electron chi connectivity index (χ1n) is 32.2. The molecule has 418 valence electrons. The van der Waals surface area contributed by atoms with E-state index in [-0.39, 0.29) is 30.4 Å². The molecule has 0 aliphatic carbocycles. The zero-order chi connectivity index (χ0) is 50.5. The quantitative estimate of drug-likeness (QED) is 0.0447. The van der Waals surface area contributed by atoms with Gasteiger partial charge in [0.25, 0.3) is 0 Å². The molecule has 2 unspecified atom stereocenters. The number of unbranched alkanes of at least 4 members (excludes halogenated alkanes) is 45. The molecule has 1 aliphatic rings. The summed E-state index contributed by atoms with van der Waals surface area (Å²) in [6.07, 6.45) is 66.6. The van der Waals surface area contributed by atoms with Crippen LogP contribution in [-0.4, -0.2) is 69.8 Å². The average Bonchev–Trinajstić information content (AvgIpc) is 3.69. The van der Waals surface area contributed by atoms with Crippen LogP contribution in [0.5, 0.6) is 0 Å². The molecule has 0 aromatic rings. The van der Waals surface area contributed by atoms with Gasteiger partial charge in [0.1, 0.15) is 18.8 Å². The number of hydrogen-bond acceptors (Lipinski definition) is 6. The van der Waals surface area contributed by atoms with Gasteiger partial charge in [-0.2, -0.15) is 0 Å². The molecule has 0 bridgehead atoms. The molecule has 0 aromatic carbocycles. The summed E-state index contributed by atoms with van der Waals surface area (Å²) in [5, 5.41) is 0. The van der Waals surface area contributed by atoms with Crippen molar-refractivity contribution < 1.29 is 23.7 Å². The van der Waals surface area contributed by atoms with E-state index in [2.05, 4.69) is 20.8 Å². The van der Waals surface area contributed by atoms with E-state index in [1.165, 1.54) is 295 Å². The second-order valence-electron chi connectivity index (χ2n) is 22.8. The Morgan fingerprint density at radius 2 is 0.671 bits per heavy atom. The fourth-order valence-electron chi connectivity index (χ4n) is 10.8. The van der Waals surface area contributed by atoms with Crippen molar-refractivity contribution in [2.45, 2.75) is 360 Å². The fraction of sp³-hybridized carbons (Fsp3) is 0.984. The first-order valence-corrected chi connectivity index (χ1v) is 32.2. The van der Waals surface area contributed by atoms with Gasteiger partial charge in [0.2, 0.25) is 0 Å². The maximum Gasteiger partial charge on any atom is 0.307 e. The highest BCUT2D eigenvalue weighted by atomic mass is 16.7. The van der Waals surface area contributed by atoms with Gasteiger partial charge in [-0.1, -0.05) is 316 Å². The number of hydrogen-bond donors (Lipinski definition) is 0. The molecule has 0 radical (unpaired) electrons. The van der Waals surface area contributed by atoms with E-state index in [9.17, 15) is 4.79 Å². The maximum absolute atomic E-state index is 12.8. The summed E-state index contributed by atoms with van der Waals surface area (Å²) in [5.74, 6) is 0.0479. The van der Waals surface area contributed by atoms with Crippen LogP contribution in [-0.2, 0) is 23.7 Å². The molecule has 0 amide bonds. The van der Waals surface area contributed by atoms with Crippen LogP contribution in [0.4, 0.5) is 0 Å². The van der Waals surface area contributed by atoms with Crippen molar-refractivity contribution >= 4 is 5.97 Å². The summed E-state index contributed by atoms with van der Waals surface area (Å²) in [4.78, 5) is 14.9. The highest BCUT2D eigenvalue weighted by Crippen LogP contribution is 2.35. The zero-order valence-electron chi connectivity index (χ0n) is 48.5. The first-order chi connectivity index (χ1) is 34.5. The minimum Gasteiger partial charge on any atom is -0.463 e. The normalized spacial score (nSPS) is 17.1. The van der Waals surface area contributed by atoms with E-state index in [1.807, 2.05) is 19.0 Å². The lowest BCUT2D eigenvalue weighted by molar-refractivity contribution is -0.184. The van der Waals surface area contributed by atoms with Gasteiger partial charge in [0.15, 0.2) is 6.29 Å². The topological polar surface area (TPSA) is 57.2 Å². The molecule has 0 aromatic heterocycles. The number of carbonyl (C=O) groups excluding carboxylic acids is 1. The number of nitrogens with zero attached hydrogens (tertiary/aromatic N) is 1. The second kappa shape index (κ2) is 54.6. The Morgan fingerprint density at radius 3 is 0.986 bits per heavy atom. The molecular weight excluding hydrogens is 863 g/mol.